The fourth-order valence-electron chi connectivity index (χ4n) is 1.86. The van der Waals surface area contributed by atoms with Crippen molar-refractivity contribution < 1.29 is 4.74 Å². The molecule has 0 aliphatic carbocycles. The predicted octanol–water partition coefficient (Wildman–Crippen LogP) is 0.740. The highest BCUT2D eigenvalue weighted by molar-refractivity contribution is 4.72. The third kappa shape index (κ3) is 9.53. The third-order valence-electron chi connectivity index (χ3n) is 2.74. The van der Waals surface area contributed by atoms with Gasteiger partial charge in [-0.25, -0.2) is 0 Å². The molecule has 0 aliphatic heterocycles. The summed E-state index contributed by atoms with van der Waals surface area (Å²) in [5.41, 5.74) is 0. The Morgan fingerprint density at radius 1 is 1.12 bits per heavy atom. The van der Waals surface area contributed by atoms with Crippen LogP contribution in [0.4, 0.5) is 0 Å². The number of nitrogens with zero attached hydrogens (tertiary/aromatic N) is 2. The van der Waals surface area contributed by atoms with Crippen LogP contribution in [0, 0.1) is 5.92 Å². The summed E-state index contributed by atoms with van der Waals surface area (Å²) in [6, 6.07) is 0.418. The van der Waals surface area contributed by atoms with Crippen LogP contribution in [0.5, 0.6) is 0 Å². The number of methoxy groups -OCH3 is 1. The molecule has 0 fully saturated rings. The number of rotatable bonds is 10. The Morgan fingerprint density at radius 2 is 1.76 bits per heavy atom. The van der Waals surface area contributed by atoms with Crippen molar-refractivity contribution in [3.05, 3.63) is 0 Å². The minimum atomic E-state index is 0.418. The second-order valence-electron chi connectivity index (χ2n) is 5.40. The molecule has 4 heteroatoms. The highest BCUT2D eigenvalue weighted by atomic mass is 16.5. The van der Waals surface area contributed by atoms with Crippen LogP contribution in [-0.4, -0.2) is 76.9 Å². The molecular formula is C13H31N3O. The lowest BCUT2D eigenvalue weighted by Crippen LogP contribution is -2.45. The molecule has 1 atom stereocenters. The predicted molar refractivity (Wildman–Crippen MR) is 74.6 cm³/mol. The van der Waals surface area contributed by atoms with Gasteiger partial charge >= 0.3 is 0 Å². The molecule has 0 aromatic rings. The molecule has 1 unspecified atom stereocenters. The van der Waals surface area contributed by atoms with Gasteiger partial charge in [0, 0.05) is 39.3 Å². The van der Waals surface area contributed by atoms with Crippen molar-refractivity contribution in [2.24, 2.45) is 5.92 Å². The molecule has 0 bridgehead atoms. The maximum atomic E-state index is 5.23. The molecule has 0 heterocycles. The van der Waals surface area contributed by atoms with Gasteiger partial charge in [-0.3, -0.25) is 0 Å². The van der Waals surface area contributed by atoms with Crippen molar-refractivity contribution in [1.29, 1.82) is 0 Å². The smallest absolute Gasteiger partial charge is 0.0628 e. The molecular weight excluding hydrogens is 214 g/mol. The van der Waals surface area contributed by atoms with Gasteiger partial charge in [0.05, 0.1) is 6.61 Å². The SMILES string of the molecule is CNC(COC)CN(CCN(C)C)CC(C)C. The van der Waals surface area contributed by atoms with Crippen molar-refractivity contribution in [2.45, 2.75) is 19.9 Å². The Balaban J connectivity index is 4.14. The van der Waals surface area contributed by atoms with Gasteiger partial charge in [0.15, 0.2) is 0 Å². The molecule has 0 saturated heterocycles. The monoisotopic (exact) mass is 245 g/mol. The van der Waals surface area contributed by atoms with E-state index in [9.17, 15) is 0 Å². The van der Waals surface area contributed by atoms with Crippen molar-refractivity contribution in [2.75, 3.05) is 61.0 Å². The van der Waals surface area contributed by atoms with Crippen LogP contribution < -0.4 is 5.32 Å². The van der Waals surface area contributed by atoms with E-state index >= 15 is 0 Å². The summed E-state index contributed by atoms with van der Waals surface area (Å²) in [4.78, 5) is 4.75. The minimum absolute atomic E-state index is 0.418. The normalized spacial score (nSPS) is 13.9. The molecule has 17 heavy (non-hydrogen) atoms. The van der Waals surface area contributed by atoms with Gasteiger partial charge in [-0.2, -0.15) is 0 Å². The average molecular weight is 245 g/mol. The van der Waals surface area contributed by atoms with Crippen LogP contribution in [0.3, 0.4) is 0 Å². The van der Waals surface area contributed by atoms with E-state index in [0.717, 1.165) is 32.8 Å². The van der Waals surface area contributed by atoms with Crippen LogP contribution in [0.15, 0.2) is 0 Å². The number of ether oxygens (including phenoxy) is 1. The maximum Gasteiger partial charge on any atom is 0.0628 e. The molecule has 0 aliphatic rings. The molecule has 0 saturated carbocycles. The van der Waals surface area contributed by atoms with Gasteiger partial charge in [0.2, 0.25) is 0 Å². The first kappa shape index (κ1) is 16.8. The summed E-state index contributed by atoms with van der Waals surface area (Å²) >= 11 is 0. The van der Waals surface area contributed by atoms with Gasteiger partial charge in [0.1, 0.15) is 0 Å². The first-order valence-corrected chi connectivity index (χ1v) is 6.52. The quantitative estimate of drug-likeness (QED) is 0.614. The van der Waals surface area contributed by atoms with E-state index in [1.807, 2.05) is 7.05 Å². The van der Waals surface area contributed by atoms with E-state index < -0.39 is 0 Å². The van der Waals surface area contributed by atoms with Gasteiger partial charge in [0.25, 0.3) is 0 Å². The Bertz CT molecular complexity index is 174. The van der Waals surface area contributed by atoms with Crippen molar-refractivity contribution in [1.82, 2.24) is 15.1 Å². The summed E-state index contributed by atoms with van der Waals surface area (Å²) in [6.45, 7) is 9.74. The first-order valence-electron chi connectivity index (χ1n) is 6.52. The molecule has 0 aromatic carbocycles. The summed E-state index contributed by atoms with van der Waals surface area (Å²) in [5, 5.41) is 3.31. The van der Waals surface area contributed by atoms with E-state index in [1.54, 1.807) is 7.11 Å². The molecule has 0 rings (SSSR count). The third-order valence-corrected chi connectivity index (χ3v) is 2.74. The zero-order valence-corrected chi connectivity index (χ0v) is 12.5. The summed E-state index contributed by atoms with van der Waals surface area (Å²) in [7, 11) is 8.01. The van der Waals surface area contributed by atoms with E-state index in [-0.39, 0.29) is 0 Å². The van der Waals surface area contributed by atoms with Crippen molar-refractivity contribution in [3.63, 3.8) is 0 Å². The Kier molecular flexibility index (Phi) is 9.74. The molecule has 1 N–H and O–H groups in total. The highest BCUT2D eigenvalue weighted by Gasteiger charge is 2.13. The fraction of sp³-hybridized carbons (Fsp3) is 1.00. The number of hydrogen-bond donors (Lipinski definition) is 1. The van der Waals surface area contributed by atoms with Crippen LogP contribution in [0.2, 0.25) is 0 Å². The average Bonchev–Trinajstić information content (AvgIpc) is 2.24. The topological polar surface area (TPSA) is 27.7 Å². The summed E-state index contributed by atoms with van der Waals surface area (Å²) < 4.78 is 5.23. The largest absolute Gasteiger partial charge is 0.383 e. The Hall–Kier alpha value is -0.160. The van der Waals surface area contributed by atoms with Crippen LogP contribution >= 0.6 is 0 Å². The fourth-order valence-corrected chi connectivity index (χ4v) is 1.86. The van der Waals surface area contributed by atoms with E-state index in [1.165, 1.54) is 0 Å². The standard InChI is InChI=1S/C13H31N3O/c1-12(2)9-16(8-7-15(4)5)10-13(14-3)11-17-6/h12-14H,7-11H2,1-6H3. The summed E-state index contributed by atoms with van der Waals surface area (Å²) in [6.07, 6.45) is 0. The van der Waals surface area contributed by atoms with Gasteiger partial charge < -0.3 is 19.9 Å². The first-order chi connectivity index (χ1) is 7.99. The van der Waals surface area contributed by atoms with E-state index in [2.05, 4.69) is 43.1 Å². The second-order valence-corrected chi connectivity index (χ2v) is 5.40. The molecule has 0 radical (unpaired) electrons. The van der Waals surface area contributed by atoms with Crippen LogP contribution in [0.25, 0.3) is 0 Å². The number of hydrogen-bond acceptors (Lipinski definition) is 4. The Labute approximate surface area is 107 Å². The summed E-state index contributed by atoms with van der Waals surface area (Å²) in [5.74, 6) is 0.706. The molecule has 0 aromatic heterocycles. The lowest BCUT2D eigenvalue weighted by Gasteiger charge is -2.29. The van der Waals surface area contributed by atoms with Crippen LogP contribution in [-0.2, 0) is 4.74 Å². The minimum Gasteiger partial charge on any atom is -0.383 e. The maximum absolute atomic E-state index is 5.23. The Morgan fingerprint density at radius 3 is 2.18 bits per heavy atom. The van der Waals surface area contributed by atoms with Crippen LogP contribution in [0.1, 0.15) is 13.8 Å². The van der Waals surface area contributed by atoms with Gasteiger partial charge in [-0.05, 0) is 27.1 Å². The molecule has 4 nitrogen and oxygen atoms in total. The van der Waals surface area contributed by atoms with Crippen molar-refractivity contribution in [3.8, 4) is 0 Å². The molecule has 0 spiro atoms. The van der Waals surface area contributed by atoms with E-state index in [4.69, 9.17) is 4.74 Å². The zero-order chi connectivity index (χ0) is 13.3. The van der Waals surface area contributed by atoms with E-state index in [0.29, 0.717) is 12.0 Å². The molecule has 104 valence electrons. The van der Waals surface area contributed by atoms with Gasteiger partial charge in [-0.1, -0.05) is 13.8 Å². The highest BCUT2D eigenvalue weighted by Crippen LogP contribution is 2.01. The lowest BCUT2D eigenvalue weighted by atomic mass is 10.2. The number of likely N-dealkylation sites (N-methyl/N-ethyl adjacent to an activating group) is 2. The van der Waals surface area contributed by atoms with Gasteiger partial charge in [-0.15, -0.1) is 0 Å². The zero-order valence-electron chi connectivity index (χ0n) is 12.5. The second kappa shape index (κ2) is 9.83. The number of nitrogens with one attached hydrogen (secondary N) is 1. The van der Waals surface area contributed by atoms with Crippen molar-refractivity contribution >= 4 is 0 Å². The molecule has 0 amide bonds. The lowest BCUT2D eigenvalue weighted by molar-refractivity contribution is 0.132.